The lowest BCUT2D eigenvalue weighted by Gasteiger charge is -2.38. The number of nitrogens with two attached hydrogens (primary N) is 1. The summed E-state index contributed by atoms with van der Waals surface area (Å²) in [7, 11) is 0. The zero-order chi connectivity index (χ0) is 17.1. The van der Waals surface area contributed by atoms with Crippen LogP contribution in [0.1, 0.15) is 97.1 Å². The smallest absolute Gasteiger partial charge is 0.0349 e. The summed E-state index contributed by atoms with van der Waals surface area (Å²) in [5.74, 6) is 0.651. The molecule has 0 aliphatic rings. The maximum absolute atomic E-state index is 6.57. The predicted molar refractivity (Wildman–Crippen MR) is 104 cm³/mol. The van der Waals surface area contributed by atoms with Crippen molar-refractivity contribution in [1.82, 2.24) is 0 Å². The minimum Gasteiger partial charge on any atom is -0.323 e. The van der Waals surface area contributed by atoms with Crippen LogP contribution in [0.25, 0.3) is 0 Å². The molecule has 1 aromatic carbocycles. The van der Waals surface area contributed by atoms with Crippen LogP contribution in [0, 0.1) is 11.3 Å². The molecule has 23 heavy (non-hydrogen) atoms. The molecule has 0 aliphatic heterocycles. The minimum atomic E-state index is 0.118. The third-order valence-electron chi connectivity index (χ3n) is 5.72. The van der Waals surface area contributed by atoms with Crippen molar-refractivity contribution in [1.29, 1.82) is 0 Å². The van der Waals surface area contributed by atoms with E-state index in [1.165, 1.54) is 63.4 Å². The summed E-state index contributed by atoms with van der Waals surface area (Å²) in [6.45, 7) is 9.33. The fourth-order valence-electron chi connectivity index (χ4n) is 3.35. The van der Waals surface area contributed by atoms with E-state index in [2.05, 4.69) is 58.0 Å². The summed E-state index contributed by atoms with van der Waals surface area (Å²) >= 11 is 0. The van der Waals surface area contributed by atoms with Crippen molar-refractivity contribution < 1.29 is 0 Å². The highest BCUT2D eigenvalue weighted by Crippen LogP contribution is 2.40. The molecule has 1 nitrogen and oxygen atoms in total. The third kappa shape index (κ3) is 7.08. The number of hydrogen-bond acceptors (Lipinski definition) is 1. The van der Waals surface area contributed by atoms with Crippen molar-refractivity contribution in [2.24, 2.45) is 17.1 Å². The summed E-state index contributed by atoms with van der Waals surface area (Å²) in [5, 5.41) is 0. The van der Waals surface area contributed by atoms with Crippen LogP contribution in [0.3, 0.4) is 0 Å². The van der Waals surface area contributed by atoms with Crippen LogP contribution in [-0.4, -0.2) is 0 Å². The molecule has 2 unspecified atom stereocenters. The Bertz CT molecular complexity index is 396. The highest BCUT2D eigenvalue weighted by molar-refractivity contribution is 5.20. The Morgan fingerprint density at radius 3 is 1.96 bits per heavy atom. The van der Waals surface area contributed by atoms with Crippen LogP contribution < -0.4 is 5.73 Å². The minimum absolute atomic E-state index is 0.118. The molecule has 0 bridgehead atoms. The fraction of sp³-hybridized carbons (Fsp3) is 0.727. The van der Waals surface area contributed by atoms with Crippen LogP contribution >= 0.6 is 0 Å². The second-order valence-electron chi connectivity index (χ2n) is 7.87. The van der Waals surface area contributed by atoms with E-state index in [0.29, 0.717) is 5.92 Å². The van der Waals surface area contributed by atoms with Crippen LogP contribution in [0.4, 0.5) is 0 Å². The Morgan fingerprint density at radius 2 is 1.39 bits per heavy atom. The highest BCUT2D eigenvalue weighted by Gasteiger charge is 2.32. The van der Waals surface area contributed by atoms with Crippen molar-refractivity contribution in [3.05, 3.63) is 35.9 Å². The molecule has 2 N–H and O–H groups in total. The van der Waals surface area contributed by atoms with Gasteiger partial charge in [0.15, 0.2) is 0 Å². The second kappa shape index (κ2) is 10.9. The second-order valence-corrected chi connectivity index (χ2v) is 7.87. The number of hydrogen-bond donors (Lipinski definition) is 1. The lowest BCUT2D eigenvalue weighted by Crippen LogP contribution is -2.35. The molecule has 2 atom stereocenters. The number of unbranched alkanes of at least 4 members (excludes halogenated alkanes) is 7. The summed E-state index contributed by atoms with van der Waals surface area (Å²) < 4.78 is 0. The molecule has 0 aliphatic carbocycles. The maximum Gasteiger partial charge on any atom is 0.0349 e. The molecule has 0 fully saturated rings. The van der Waals surface area contributed by atoms with Gasteiger partial charge in [0.1, 0.15) is 0 Å². The van der Waals surface area contributed by atoms with Gasteiger partial charge < -0.3 is 5.73 Å². The molecular formula is C22H39N. The number of rotatable bonds is 12. The zero-order valence-electron chi connectivity index (χ0n) is 16.0. The molecule has 1 heteroatoms. The van der Waals surface area contributed by atoms with Gasteiger partial charge in [-0.05, 0) is 16.9 Å². The van der Waals surface area contributed by atoms with E-state index in [1.54, 1.807) is 0 Å². The zero-order valence-corrected chi connectivity index (χ0v) is 16.0. The molecular weight excluding hydrogens is 278 g/mol. The molecule has 0 spiro atoms. The molecule has 0 saturated heterocycles. The van der Waals surface area contributed by atoms with Crippen molar-refractivity contribution in [2.45, 2.75) is 91.5 Å². The van der Waals surface area contributed by atoms with Gasteiger partial charge >= 0.3 is 0 Å². The van der Waals surface area contributed by atoms with Gasteiger partial charge in [0.2, 0.25) is 0 Å². The molecule has 1 aromatic rings. The van der Waals surface area contributed by atoms with Gasteiger partial charge in [0, 0.05) is 6.04 Å². The normalized spacial score (nSPS) is 14.7. The van der Waals surface area contributed by atoms with E-state index in [9.17, 15) is 0 Å². The Morgan fingerprint density at radius 1 is 0.870 bits per heavy atom. The lowest BCUT2D eigenvalue weighted by molar-refractivity contribution is 0.167. The maximum atomic E-state index is 6.57. The standard InChI is InChI=1S/C22H39N/c1-5-6-7-8-9-10-11-13-16-19(2)22(3,4)21(23)20-17-14-12-15-18-20/h12,14-15,17-19,21H,5-11,13,16,23H2,1-4H3. The van der Waals surface area contributed by atoms with Crippen molar-refractivity contribution in [3.8, 4) is 0 Å². The van der Waals surface area contributed by atoms with Crippen LogP contribution in [0.5, 0.6) is 0 Å². The van der Waals surface area contributed by atoms with E-state index in [1.807, 2.05) is 0 Å². The van der Waals surface area contributed by atoms with Crippen molar-refractivity contribution in [2.75, 3.05) is 0 Å². The van der Waals surface area contributed by atoms with Crippen LogP contribution in [-0.2, 0) is 0 Å². The largest absolute Gasteiger partial charge is 0.323 e. The van der Waals surface area contributed by atoms with Gasteiger partial charge in [-0.3, -0.25) is 0 Å². The van der Waals surface area contributed by atoms with Gasteiger partial charge in [-0.1, -0.05) is 116 Å². The first kappa shape index (κ1) is 20.2. The highest BCUT2D eigenvalue weighted by atomic mass is 14.7. The van der Waals surface area contributed by atoms with E-state index < -0.39 is 0 Å². The molecule has 0 radical (unpaired) electrons. The van der Waals surface area contributed by atoms with Gasteiger partial charge in [-0.25, -0.2) is 0 Å². The monoisotopic (exact) mass is 317 g/mol. The topological polar surface area (TPSA) is 26.0 Å². The molecule has 132 valence electrons. The van der Waals surface area contributed by atoms with Crippen molar-refractivity contribution >= 4 is 0 Å². The first-order chi connectivity index (χ1) is 11.0. The lowest BCUT2D eigenvalue weighted by atomic mass is 9.70. The Labute approximate surface area is 145 Å². The summed E-state index contributed by atoms with van der Waals surface area (Å²) in [5.41, 5.74) is 7.98. The molecule has 0 heterocycles. The Kier molecular flexibility index (Phi) is 9.55. The first-order valence-electron chi connectivity index (χ1n) is 9.80. The van der Waals surface area contributed by atoms with Gasteiger partial charge in [0.05, 0.1) is 0 Å². The van der Waals surface area contributed by atoms with E-state index in [4.69, 9.17) is 5.73 Å². The summed E-state index contributed by atoms with van der Waals surface area (Å²) in [6, 6.07) is 10.7. The van der Waals surface area contributed by atoms with E-state index in [-0.39, 0.29) is 11.5 Å². The van der Waals surface area contributed by atoms with E-state index >= 15 is 0 Å². The van der Waals surface area contributed by atoms with Gasteiger partial charge in [-0.15, -0.1) is 0 Å². The Balaban J connectivity index is 2.28. The predicted octanol–water partition coefficient (Wildman–Crippen LogP) is 6.88. The van der Waals surface area contributed by atoms with Gasteiger partial charge in [0.25, 0.3) is 0 Å². The summed E-state index contributed by atoms with van der Waals surface area (Å²) in [4.78, 5) is 0. The first-order valence-corrected chi connectivity index (χ1v) is 9.80. The molecule has 0 saturated carbocycles. The van der Waals surface area contributed by atoms with Crippen molar-refractivity contribution in [3.63, 3.8) is 0 Å². The Hall–Kier alpha value is -0.820. The fourth-order valence-corrected chi connectivity index (χ4v) is 3.35. The summed E-state index contributed by atoms with van der Waals surface area (Å²) in [6.07, 6.45) is 12.4. The molecule has 1 rings (SSSR count). The third-order valence-corrected chi connectivity index (χ3v) is 5.72. The average molecular weight is 318 g/mol. The average Bonchev–Trinajstić information content (AvgIpc) is 2.57. The molecule has 0 amide bonds. The number of benzene rings is 1. The quantitative estimate of drug-likeness (QED) is 0.418. The molecule has 0 aromatic heterocycles. The SMILES string of the molecule is CCCCCCCCCCC(C)C(C)(C)C(N)c1ccccc1. The van der Waals surface area contributed by atoms with E-state index in [0.717, 1.165) is 0 Å². The van der Waals surface area contributed by atoms with Crippen LogP contribution in [0.15, 0.2) is 30.3 Å². The van der Waals surface area contributed by atoms with Gasteiger partial charge in [-0.2, -0.15) is 0 Å². The van der Waals surface area contributed by atoms with Crippen LogP contribution in [0.2, 0.25) is 0 Å².